The highest BCUT2D eigenvalue weighted by Gasteiger charge is 2.21. The summed E-state index contributed by atoms with van der Waals surface area (Å²) in [4.78, 5) is 23.5. The van der Waals surface area contributed by atoms with Crippen LogP contribution in [0.3, 0.4) is 0 Å². The van der Waals surface area contributed by atoms with Crippen molar-refractivity contribution in [3.05, 3.63) is 48.7 Å². The number of hydrogen-bond donors (Lipinski definition) is 1. The zero-order valence-corrected chi connectivity index (χ0v) is 16.4. The fourth-order valence-electron chi connectivity index (χ4n) is 3.96. The molecule has 2 saturated heterocycles. The number of anilines is 3. The van der Waals surface area contributed by atoms with E-state index in [9.17, 15) is 4.79 Å². The van der Waals surface area contributed by atoms with Gasteiger partial charge in [-0.3, -0.25) is 4.79 Å². The van der Waals surface area contributed by atoms with E-state index in [0.29, 0.717) is 13.0 Å². The standard InChI is InChI=1S/C22H29N5O/c28-22(27-17-15-26(16-18-27)21-5-1-2-11-24-21)10-12-23-19-6-8-20(9-7-19)25-13-3-4-14-25/h1-2,5-9,11,23H,3-4,10,12-18H2. The quantitative estimate of drug-likeness (QED) is 0.836. The normalized spacial score (nSPS) is 17.1. The lowest BCUT2D eigenvalue weighted by atomic mass is 10.2. The zero-order valence-electron chi connectivity index (χ0n) is 16.4. The first-order valence-electron chi connectivity index (χ1n) is 10.3. The van der Waals surface area contributed by atoms with Gasteiger partial charge >= 0.3 is 0 Å². The Hall–Kier alpha value is -2.76. The van der Waals surface area contributed by atoms with Crippen molar-refractivity contribution in [3.8, 4) is 0 Å². The molecule has 2 aliphatic heterocycles. The largest absolute Gasteiger partial charge is 0.385 e. The Morgan fingerprint density at radius 1 is 0.893 bits per heavy atom. The minimum absolute atomic E-state index is 0.224. The summed E-state index contributed by atoms with van der Waals surface area (Å²) in [6, 6.07) is 14.5. The Kier molecular flexibility index (Phi) is 5.95. The fourth-order valence-corrected chi connectivity index (χ4v) is 3.96. The molecule has 148 valence electrons. The van der Waals surface area contributed by atoms with Crippen LogP contribution in [-0.4, -0.2) is 61.6 Å². The van der Waals surface area contributed by atoms with Crippen LogP contribution in [-0.2, 0) is 4.79 Å². The number of pyridine rings is 1. The van der Waals surface area contributed by atoms with E-state index in [1.165, 1.54) is 18.5 Å². The highest BCUT2D eigenvalue weighted by molar-refractivity contribution is 5.77. The van der Waals surface area contributed by atoms with E-state index in [1.807, 2.05) is 29.3 Å². The van der Waals surface area contributed by atoms with Crippen LogP contribution in [0.1, 0.15) is 19.3 Å². The number of aromatic nitrogens is 1. The number of carbonyl (C=O) groups excluding carboxylic acids is 1. The molecule has 4 rings (SSSR count). The van der Waals surface area contributed by atoms with Crippen LogP contribution in [0.5, 0.6) is 0 Å². The number of amides is 1. The molecule has 28 heavy (non-hydrogen) atoms. The Labute approximate surface area is 167 Å². The third-order valence-corrected chi connectivity index (χ3v) is 5.61. The predicted molar refractivity (Wildman–Crippen MR) is 114 cm³/mol. The van der Waals surface area contributed by atoms with Crippen molar-refractivity contribution < 1.29 is 4.79 Å². The molecule has 1 amide bonds. The van der Waals surface area contributed by atoms with Crippen molar-refractivity contribution >= 4 is 23.1 Å². The second kappa shape index (κ2) is 8.95. The maximum Gasteiger partial charge on any atom is 0.224 e. The molecule has 2 aliphatic rings. The van der Waals surface area contributed by atoms with Crippen molar-refractivity contribution in [2.45, 2.75) is 19.3 Å². The van der Waals surface area contributed by atoms with Crippen molar-refractivity contribution in [2.75, 3.05) is 60.9 Å². The summed E-state index contributed by atoms with van der Waals surface area (Å²) >= 11 is 0. The van der Waals surface area contributed by atoms with Crippen LogP contribution in [0, 0.1) is 0 Å². The lowest BCUT2D eigenvalue weighted by Crippen LogP contribution is -2.49. The molecule has 1 aromatic carbocycles. The van der Waals surface area contributed by atoms with Crippen molar-refractivity contribution in [1.29, 1.82) is 0 Å². The lowest BCUT2D eigenvalue weighted by Gasteiger charge is -2.35. The molecule has 1 aromatic heterocycles. The molecule has 1 N–H and O–H groups in total. The molecule has 3 heterocycles. The van der Waals surface area contributed by atoms with Crippen LogP contribution in [0.2, 0.25) is 0 Å². The molecule has 2 aromatic rings. The number of rotatable bonds is 6. The third kappa shape index (κ3) is 4.55. The van der Waals surface area contributed by atoms with Gasteiger partial charge in [0.2, 0.25) is 5.91 Å². The first kappa shape index (κ1) is 18.6. The number of nitrogens with one attached hydrogen (secondary N) is 1. The van der Waals surface area contributed by atoms with E-state index < -0.39 is 0 Å². The third-order valence-electron chi connectivity index (χ3n) is 5.61. The first-order chi connectivity index (χ1) is 13.8. The predicted octanol–water partition coefficient (Wildman–Crippen LogP) is 2.83. The minimum Gasteiger partial charge on any atom is -0.385 e. The number of benzene rings is 1. The minimum atomic E-state index is 0.224. The van der Waals surface area contributed by atoms with Crippen molar-refractivity contribution in [1.82, 2.24) is 9.88 Å². The average Bonchev–Trinajstić information content (AvgIpc) is 3.30. The van der Waals surface area contributed by atoms with Gasteiger partial charge in [0.15, 0.2) is 0 Å². The van der Waals surface area contributed by atoms with E-state index in [1.54, 1.807) is 0 Å². The molecule has 0 atom stereocenters. The Morgan fingerprint density at radius 3 is 2.32 bits per heavy atom. The van der Waals surface area contributed by atoms with Gasteiger partial charge in [0, 0.05) is 69.8 Å². The number of nitrogens with zero attached hydrogens (tertiary/aromatic N) is 4. The summed E-state index contributed by atoms with van der Waals surface area (Å²) in [5.74, 6) is 1.22. The van der Waals surface area contributed by atoms with E-state index >= 15 is 0 Å². The first-order valence-corrected chi connectivity index (χ1v) is 10.3. The van der Waals surface area contributed by atoms with Crippen molar-refractivity contribution in [3.63, 3.8) is 0 Å². The number of piperazine rings is 1. The molecule has 0 saturated carbocycles. The van der Waals surface area contributed by atoms with Gasteiger partial charge in [-0.25, -0.2) is 4.98 Å². The molecular weight excluding hydrogens is 350 g/mol. The molecule has 0 unspecified atom stereocenters. The second-order valence-electron chi connectivity index (χ2n) is 7.47. The zero-order chi connectivity index (χ0) is 19.2. The second-order valence-corrected chi connectivity index (χ2v) is 7.47. The van der Waals surface area contributed by atoms with Crippen LogP contribution < -0.4 is 15.1 Å². The van der Waals surface area contributed by atoms with E-state index in [2.05, 4.69) is 44.4 Å². The van der Waals surface area contributed by atoms with Crippen molar-refractivity contribution in [2.24, 2.45) is 0 Å². The van der Waals surface area contributed by atoms with Crippen LogP contribution in [0.15, 0.2) is 48.7 Å². The van der Waals surface area contributed by atoms with Gasteiger partial charge in [0.25, 0.3) is 0 Å². The van der Waals surface area contributed by atoms with Gasteiger partial charge in [0.1, 0.15) is 5.82 Å². The molecule has 6 heteroatoms. The molecule has 0 aliphatic carbocycles. The smallest absolute Gasteiger partial charge is 0.224 e. The maximum absolute atomic E-state index is 12.5. The van der Waals surface area contributed by atoms with Gasteiger partial charge in [-0.05, 0) is 49.2 Å². The Morgan fingerprint density at radius 2 is 1.64 bits per heavy atom. The molecule has 6 nitrogen and oxygen atoms in total. The highest BCUT2D eigenvalue weighted by Crippen LogP contribution is 2.22. The van der Waals surface area contributed by atoms with Crippen LogP contribution in [0.25, 0.3) is 0 Å². The van der Waals surface area contributed by atoms with Gasteiger partial charge in [0.05, 0.1) is 0 Å². The lowest BCUT2D eigenvalue weighted by molar-refractivity contribution is -0.131. The van der Waals surface area contributed by atoms with Gasteiger partial charge in [-0.1, -0.05) is 6.07 Å². The molecule has 2 fully saturated rings. The monoisotopic (exact) mass is 379 g/mol. The summed E-state index contributed by atoms with van der Waals surface area (Å²) in [7, 11) is 0. The highest BCUT2D eigenvalue weighted by atomic mass is 16.2. The fraction of sp³-hybridized carbons (Fsp3) is 0.455. The van der Waals surface area contributed by atoms with E-state index in [-0.39, 0.29) is 5.91 Å². The topological polar surface area (TPSA) is 51.7 Å². The van der Waals surface area contributed by atoms with Crippen LogP contribution in [0.4, 0.5) is 17.2 Å². The average molecular weight is 380 g/mol. The summed E-state index contributed by atoms with van der Waals surface area (Å²) in [6.07, 6.45) is 4.92. The SMILES string of the molecule is O=C(CCNc1ccc(N2CCCC2)cc1)N1CCN(c2ccccn2)CC1. The molecule has 0 radical (unpaired) electrons. The van der Waals surface area contributed by atoms with Crippen LogP contribution >= 0.6 is 0 Å². The van der Waals surface area contributed by atoms with Gasteiger partial charge < -0.3 is 20.0 Å². The molecule has 0 spiro atoms. The molecule has 0 bridgehead atoms. The Balaban J connectivity index is 1.19. The molecular formula is C22H29N5O. The number of hydrogen-bond acceptors (Lipinski definition) is 5. The van der Waals surface area contributed by atoms with E-state index in [0.717, 1.165) is 50.8 Å². The van der Waals surface area contributed by atoms with E-state index in [4.69, 9.17) is 0 Å². The summed E-state index contributed by atoms with van der Waals surface area (Å²) in [5, 5.41) is 3.38. The van der Waals surface area contributed by atoms with Gasteiger partial charge in [-0.15, -0.1) is 0 Å². The Bertz CT molecular complexity index is 750. The summed E-state index contributed by atoms with van der Waals surface area (Å²) in [5.41, 5.74) is 2.38. The summed E-state index contributed by atoms with van der Waals surface area (Å²) in [6.45, 7) is 6.20. The number of carbonyl (C=O) groups is 1. The summed E-state index contributed by atoms with van der Waals surface area (Å²) < 4.78 is 0. The van der Waals surface area contributed by atoms with Gasteiger partial charge in [-0.2, -0.15) is 0 Å². The maximum atomic E-state index is 12.5.